The first kappa shape index (κ1) is 30.2. The van der Waals surface area contributed by atoms with Gasteiger partial charge in [-0.25, -0.2) is 9.67 Å². The van der Waals surface area contributed by atoms with Crippen LogP contribution in [0, 0.1) is 11.3 Å². The van der Waals surface area contributed by atoms with Crippen LogP contribution in [0.2, 0.25) is 10.0 Å². The number of ether oxygens (including phenoxy) is 3. The highest BCUT2D eigenvalue weighted by Gasteiger charge is 2.45. The van der Waals surface area contributed by atoms with E-state index in [0.29, 0.717) is 39.3 Å². The molecule has 0 aliphatic carbocycles. The molecular weight excluding hydrogens is 613 g/mol. The number of benzene rings is 1. The van der Waals surface area contributed by atoms with Gasteiger partial charge in [0.2, 0.25) is 0 Å². The lowest BCUT2D eigenvalue weighted by Crippen LogP contribution is -2.70. The first-order valence-electron chi connectivity index (χ1n) is 15.4. The summed E-state index contributed by atoms with van der Waals surface area (Å²) in [6.45, 7) is 9.87. The average Bonchev–Trinajstić information content (AvgIpc) is 3.42. The molecule has 10 nitrogen and oxygen atoms in total. The molecule has 45 heavy (non-hydrogen) atoms. The number of aromatic nitrogens is 4. The molecule has 1 aromatic carbocycles. The predicted molar refractivity (Wildman–Crippen MR) is 173 cm³/mol. The van der Waals surface area contributed by atoms with Gasteiger partial charge in [-0.2, -0.15) is 10.4 Å². The number of anilines is 1. The van der Waals surface area contributed by atoms with Crippen LogP contribution >= 0.6 is 23.2 Å². The zero-order valence-electron chi connectivity index (χ0n) is 25.4. The molecule has 1 unspecified atom stereocenters. The normalized spacial score (nSPS) is 20.9. The smallest absolute Gasteiger partial charge is 0.150 e. The maximum atomic E-state index is 10.2. The van der Waals surface area contributed by atoms with Crippen molar-refractivity contribution in [3.8, 4) is 23.1 Å². The Morgan fingerprint density at radius 3 is 2.56 bits per heavy atom. The summed E-state index contributed by atoms with van der Waals surface area (Å²) in [4.78, 5) is 13.6. The number of morpholine rings is 1. The number of rotatable bonds is 7. The Kier molecular flexibility index (Phi) is 8.31. The molecule has 0 radical (unpaired) electrons. The first-order chi connectivity index (χ1) is 21.8. The second-order valence-electron chi connectivity index (χ2n) is 12.2. The van der Waals surface area contributed by atoms with Crippen LogP contribution in [-0.4, -0.2) is 76.2 Å². The summed E-state index contributed by atoms with van der Waals surface area (Å²) in [5.41, 5.74) is 3.64. The summed E-state index contributed by atoms with van der Waals surface area (Å²) < 4.78 is 20.0. The van der Waals surface area contributed by atoms with Gasteiger partial charge in [0.25, 0.3) is 0 Å². The monoisotopic (exact) mass is 647 g/mol. The van der Waals surface area contributed by atoms with Crippen molar-refractivity contribution in [1.82, 2.24) is 24.6 Å². The molecular formula is C33H35Cl2N7O3. The number of halogens is 2. The maximum Gasteiger partial charge on any atom is 0.150 e. The molecule has 0 bridgehead atoms. The van der Waals surface area contributed by atoms with E-state index in [0.717, 1.165) is 80.8 Å². The average molecular weight is 649 g/mol. The molecule has 4 aromatic rings. The van der Waals surface area contributed by atoms with Crippen molar-refractivity contribution in [1.29, 1.82) is 5.26 Å². The number of nitriles is 1. The molecule has 0 saturated carbocycles. The second kappa shape index (κ2) is 12.4. The van der Waals surface area contributed by atoms with E-state index in [1.54, 1.807) is 12.4 Å². The fraction of sp³-hybridized carbons (Fsp3) is 0.455. The molecule has 6 heterocycles. The van der Waals surface area contributed by atoms with Gasteiger partial charge in [0.1, 0.15) is 29.4 Å². The minimum Gasteiger partial charge on any atom is -0.486 e. The van der Waals surface area contributed by atoms with Crippen molar-refractivity contribution < 1.29 is 14.2 Å². The van der Waals surface area contributed by atoms with Crippen molar-refractivity contribution >= 4 is 39.9 Å². The third-order valence-electron chi connectivity index (χ3n) is 9.11. The van der Waals surface area contributed by atoms with Gasteiger partial charge in [0, 0.05) is 67.9 Å². The molecule has 3 aliphatic heterocycles. The quantitative estimate of drug-likeness (QED) is 0.225. The van der Waals surface area contributed by atoms with E-state index < -0.39 is 6.10 Å². The van der Waals surface area contributed by atoms with Crippen LogP contribution in [0.15, 0.2) is 42.9 Å². The summed E-state index contributed by atoms with van der Waals surface area (Å²) >= 11 is 12.8. The standard InChI is InChI=1S/C33H35Cl2N7O3/c1-21(30-26(34)17-37-18-27(30)35)45-24-6-7-28-25(14-24)31(39-42(28)29-5-3-4-10-44-29)23-13-22(15-36)32(38-16-23)40-19-33(2,20-40)41-8-11-43-12-9-41/h6-7,13-14,16-18,21,29H,3-5,8-12,19-20H2,1-2H3/t21-,29?/m1/s1. The van der Waals surface area contributed by atoms with E-state index in [4.69, 9.17) is 47.5 Å². The van der Waals surface area contributed by atoms with Crippen molar-refractivity contribution in [3.63, 3.8) is 0 Å². The highest BCUT2D eigenvalue weighted by atomic mass is 35.5. The lowest BCUT2D eigenvalue weighted by atomic mass is 9.89. The highest BCUT2D eigenvalue weighted by molar-refractivity contribution is 6.35. The number of pyridine rings is 2. The van der Waals surface area contributed by atoms with Gasteiger partial charge < -0.3 is 19.1 Å². The minimum absolute atomic E-state index is 0.0457. The van der Waals surface area contributed by atoms with Crippen LogP contribution in [0.4, 0.5) is 5.82 Å². The van der Waals surface area contributed by atoms with Crippen molar-refractivity contribution in [3.05, 3.63) is 64.0 Å². The summed E-state index contributed by atoms with van der Waals surface area (Å²) in [6.07, 6.45) is 7.34. The molecule has 12 heteroatoms. The Morgan fingerprint density at radius 1 is 1.07 bits per heavy atom. The summed E-state index contributed by atoms with van der Waals surface area (Å²) in [7, 11) is 0. The fourth-order valence-corrected chi connectivity index (χ4v) is 7.44. The van der Waals surface area contributed by atoms with Crippen molar-refractivity contribution in [2.75, 3.05) is 50.9 Å². The third-order valence-corrected chi connectivity index (χ3v) is 9.72. The molecule has 2 atom stereocenters. The van der Waals surface area contributed by atoms with Gasteiger partial charge in [-0.15, -0.1) is 0 Å². The van der Waals surface area contributed by atoms with Crippen LogP contribution in [0.1, 0.15) is 56.6 Å². The Balaban J connectivity index is 1.22. The number of fused-ring (bicyclic) bond motifs is 1. The fourth-order valence-electron chi connectivity index (χ4n) is 6.77. The van der Waals surface area contributed by atoms with E-state index in [1.165, 1.54) is 0 Å². The Bertz CT molecular complexity index is 1740. The zero-order chi connectivity index (χ0) is 31.1. The molecule has 234 valence electrons. The Labute approximate surface area is 272 Å². The summed E-state index contributed by atoms with van der Waals surface area (Å²) in [5, 5.41) is 17.1. The third kappa shape index (κ3) is 5.73. The van der Waals surface area contributed by atoms with Crippen molar-refractivity contribution in [2.24, 2.45) is 0 Å². The number of nitrogens with zero attached hydrogens (tertiary/aromatic N) is 7. The predicted octanol–water partition coefficient (Wildman–Crippen LogP) is 6.42. The number of hydrogen-bond acceptors (Lipinski definition) is 9. The Hall–Kier alpha value is -3.46. The lowest BCUT2D eigenvalue weighted by Gasteiger charge is -2.55. The van der Waals surface area contributed by atoms with E-state index in [2.05, 4.69) is 27.8 Å². The van der Waals surface area contributed by atoms with Gasteiger partial charge in [0.05, 0.1) is 39.9 Å². The van der Waals surface area contributed by atoms with Gasteiger partial charge in [-0.05, 0) is 57.4 Å². The molecule has 3 aliphatic rings. The summed E-state index contributed by atoms with van der Waals surface area (Å²) in [6, 6.07) is 10.2. The molecule has 0 amide bonds. The van der Waals surface area contributed by atoms with Gasteiger partial charge in [0.15, 0.2) is 6.23 Å². The van der Waals surface area contributed by atoms with E-state index in [-0.39, 0.29) is 11.8 Å². The van der Waals surface area contributed by atoms with E-state index >= 15 is 0 Å². The van der Waals surface area contributed by atoms with Crippen LogP contribution in [0.5, 0.6) is 5.75 Å². The SMILES string of the molecule is C[C@@H](Oc1ccc2c(c1)c(-c1cnc(N3CC(C)(N4CCOCC4)C3)c(C#N)c1)nn2C1CCCCO1)c1c(Cl)cncc1Cl. The minimum atomic E-state index is -0.420. The van der Waals surface area contributed by atoms with Crippen molar-refractivity contribution in [2.45, 2.75) is 51.0 Å². The molecule has 0 N–H and O–H groups in total. The first-order valence-corrected chi connectivity index (χ1v) is 16.2. The van der Waals surface area contributed by atoms with E-state index in [1.807, 2.05) is 42.1 Å². The lowest BCUT2D eigenvalue weighted by molar-refractivity contribution is -0.0365. The highest BCUT2D eigenvalue weighted by Crippen LogP contribution is 2.39. The number of hydrogen-bond donors (Lipinski definition) is 0. The van der Waals surface area contributed by atoms with Crippen LogP contribution in [0.3, 0.4) is 0 Å². The largest absolute Gasteiger partial charge is 0.486 e. The molecule has 3 aromatic heterocycles. The van der Waals surface area contributed by atoms with Crippen LogP contribution < -0.4 is 9.64 Å². The Morgan fingerprint density at radius 2 is 1.84 bits per heavy atom. The summed E-state index contributed by atoms with van der Waals surface area (Å²) in [5.74, 6) is 1.34. The molecule has 7 rings (SSSR count). The second-order valence-corrected chi connectivity index (χ2v) is 13.0. The van der Waals surface area contributed by atoms with E-state index in [9.17, 15) is 5.26 Å². The molecule has 3 saturated heterocycles. The van der Waals surface area contributed by atoms with Gasteiger partial charge in [-0.3, -0.25) is 9.88 Å². The topological polar surface area (TPSA) is 102 Å². The molecule has 3 fully saturated rings. The van der Waals surface area contributed by atoms with Gasteiger partial charge >= 0.3 is 0 Å². The maximum absolute atomic E-state index is 10.2. The molecule has 0 spiro atoms. The van der Waals surface area contributed by atoms with Gasteiger partial charge in [-0.1, -0.05) is 23.2 Å². The van der Waals surface area contributed by atoms with Crippen LogP contribution in [0.25, 0.3) is 22.2 Å². The zero-order valence-corrected chi connectivity index (χ0v) is 26.9. The van der Waals surface area contributed by atoms with Crippen LogP contribution in [-0.2, 0) is 9.47 Å².